The molecule has 9 heteroatoms. The van der Waals surface area contributed by atoms with Gasteiger partial charge in [0.05, 0.1) is 4.34 Å². The lowest BCUT2D eigenvalue weighted by atomic mass is 10.2. The van der Waals surface area contributed by atoms with Crippen LogP contribution >= 0.6 is 46.8 Å². The summed E-state index contributed by atoms with van der Waals surface area (Å²) >= 11 is 17.4. The Balaban J connectivity index is 2.28. The summed E-state index contributed by atoms with van der Waals surface area (Å²) in [6.07, 6.45) is 0. The Kier molecular flexibility index (Phi) is 4.55. The maximum atomic E-state index is 12.2. The third kappa shape index (κ3) is 3.42. The monoisotopic (exact) mass is 366 g/mol. The second kappa shape index (κ2) is 5.87. The number of hydrogen-bond donors (Lipinski definition) is 2. The van der Waals surface area contributed by atoms with Gasteiger partial charge in [0, 0.05) is 11.3 Å². The minimum absolute atomic E-state index is 0.0485. The average Bonchev–Trinajstić information content (AvgIpc) is 2.69. The molecule has 0 amide bonds. The number of nitrogens with two attached hydrogens (primary N) is 1. The molecule has 4 nitrogen and oxygen atoms in total. The highest BCUT2D eigenvalue weighted by molar-refractivity contribution is 7.93. The number of sulfonamides is 1. The van der Waals surface area contributed by atoms with E-state index in [4.69, 9.17) is 41.2 Å². The van der Waals surface area contributed by atoms with Crippen molar-refractivity contribution in [3.05, 3.63) is 44.6 Å². The van der Waals surface area contributed by atoms with Crippen molar-refractivity contribution in [1.29, 1.82) is 0 Å². The van der Waals surface area contributed by atoms with Gasteiger partial charge in [-0.25, -0.2) is 8.42 Å². The first-order valence-corrected chi connectivity index (χ1v) is 8.63. The highest BCUT2D eigenvalue weighted by Crippen LogP contribution is 2.35. The Bertz CT molecular complexity index is 754. The quantitative estimate of drug-likeness (QED) is 0.812. The fourth-order valence-corrected chi connectivity index (χ4v) is 4.77. The number of hydrogen-bond acceptors (Lipinski definition) is 4. The van der Waals surface area contributed by atoms with Gasteiger partial charge in [0.1, 0.15) is 14.2 Å². The topological polar surface area (TPSA) is 72.2 Å². The summed E-state index contributed by atoms with van der Waals surface area (Å²) in [6.45, 7) is 0. The number of thiophene rings is 1. The van der Waals surface area contributed by atoms with Gasteiger partial charge in [0.25, 0.3) is 10.0 Å². The molecular weight excluding hydrogens is 359 g/mol. The van der Waals surface area contributed by atoms with E-state index in [0.29, 0.717) is 15.6 Å². The zero-order valence-electron chi connectivity index (χ0n) is 9.76. The molecule has 3 N–H and O–H groups in total. The predicted molar refractivity (Wildman–Crippen MR) is 87.5 cm³/mol. The predicted octanol–water partition coefficient (Wildman–Crippen LogP) is 3.49. The first kappa shape index (κ1) is 15.5. The van der Waals surface area contributed by atoms with Gasteiger partial charge in [-0.1, -0.05) is 35.4 Å². The van der Waals surface area contributed by atoms with Crippen LogP contribution in [0.25, 0.3) is 0 Å². The van der Waals surface area contributed by atoms with Crippen molar-refractivity contribution >= 4 is 67.5 Å². The van der Waals surface area contributed by atoms with E-state index in [9.17, 15) is 8.42 Å². The van der Waals surface area contributed by atoms with E-state index in [1.54, 1.807) is 24.3 Å². The van der Waals surface area contributed by atoms with E-state index < -0.39 is 10.0 Å². The first-order chi connectivity index (χ1) is 9.29. The van der Waals surface area contributed by atoms with Crippen LogP contribution in [0.4, 0.5) is 5.69 Å². The van der Waals surface area contributed by atoms with Gasteiger partial charge in [0.2, 0.25) is 0 Å². The summed E-state index contributed by atoms with van der Waals surface area (Å²) in [5.74, 6) is 0. The Morgan fingerprint density at radius 2 is 1.85 bits per heavy atom. The van der Waals surface area contributed by atoms with Crippen LogP contribution in [-0.4, -0.2) is 13.4 Å². The van der Waals surface area contributed by atoms with Gasteiger partial charge in [0.15, 0.2) is 0 Å². The molecule has 0 aliphatic rings. The lowest BCUT2D eigenvalue weighted by Crippen LogP contribution is -2.13. The number of benzene rings is 1. The maximum absolute atomic E-state index is 12.2. The highest BCUT2D eigenvalue weighted by Gasteiger charge is 2.21. The third-order valence-electron chi connectivity index (χ3n) is 2.34. The van der Waals surface area contributed by atoms with Crippen molar-refractivity contribution in [2.45, 2.75) is 4.90 Å². The summed E-state index contributed by atoms with van der Waals surface area (Å²) < 4.78 is 27.1. The van der Waals surface area contributed by atoms with Crippen LogP contribution in [0.5, 0.6) is 0 Å². The van der Waals surface area contributed by atoms with Crippen LogP contribution in [0.1, 0.15) is 5.56 Å². The van der Waals surface area contributed by atoms with E-state index in [1.807, 2.05) is 0 Å². The Hall–Kier alpha value is -0.860. The standard InChI is InChI=1S/C11H8Cl2N2O2S3/c12-9-5-8(10(13)19-9)20(16,17)15-7-3-1-6(2-4-7)11(14)18/h1-5,15H,(H2,14,18). The summed E-state index contributed by atoms with van der Waals surface area (Å²) in [7, 11) is -3.78. The Morgan fingerprint density at radius 3 is 2.30 bits per heavy atom. The smallest absolute Gasteiger partial charge is 0.264 e. The van der Waals surface area contributed by atoms with Crippen LogP contribution in [0.3, 0.4) is 0 Å². The van der Waals surface area contributed by atoms with Gasteiger partial charge in [-0.2, -0.15) is 0 Å². The van der Waals surface area contributed by atoms with Crippen molar-refractivity contribution in [3.63, 3.8) is 0 Å². The zero-order valence-corrected chi connectivity index (χ0v) is 13.7. The molecule has 1 heterocycles. The largest absolute Gasteiger partial charge is 0.389 e. The second-order valence-electron chi connectivity index (χ2n) is 3.74. The first-order valence-electron chi connectivity index (χ1n) is 5.17. The average molecular weight is 367 g/mol. The lowest BCUT2D eigenvalue weighted by Gasteiger charge is -2.07. The molecule has 0 aliphatic heterocycles. The molecule has 20 heavy (non-hydrogen) atoms. The fourth-order valence-electron chi connectivity index (χ4n) is 1.42. The van der Waals surface area contributed by atoms with E-state index in [1.165, 1.54) is 6.07 Å². The molecule has 2 aromatic rings. The molecule has 0 saturated heterocycles. The van der Waals surface area contributed by atoms with E-state index in [0.717, 1.165) is 11.3 Å². The second-order valence-corrected chi connectivity index (χ2v) is 8.11. The van der Waals surface area contributed by atoms with E-state index >= 15 is 0 Å². The third-order valence-corrected chi connectivity index (χ3v) is 5.71. The summed E-state index contributed by atoms with van der Waals surface area (Å²) in [5.41, 5.74) is 6.50. The van der Waals surface area contributed by atoms with Crippen molar-refractivity contribution in [2.75, 3.05) is 4.72 Å². The SMILES string of the molecule is NC(=S)c1ccc(NS(=O)(=O)c2cc(Cl)sc2Cl)cc1. The lowest BCUT2D eigenvalue weighted by molar-refractivity contribution is 0.601. The number of rotatable bonds is 4. The van der Waals surface area contributed by atoms with Crippen LogP contribution in [0, 0.1) is 0 Å². The molecule has 0 aliphatic carbocycles. The molecule has 0 radical (unpaired) electrons. The number of anilines is 1. The minimum Gasteiger partial charge on any atom is -0.389 e. The van der Waals surface area contributed by atoms with E-state index in [2.05, 4.69) is 4.72 Å². The summed E-state index contributed by atoms with van der Waals surface area (Å²) in [5, 5.41) is 0. The van der Waals surface area contributed by atoms with Crippen molar-refractivity contribution < 1.29 is 8.42 Å². The molecule has 0 atom stereocenters. The molecule has 0 bridgehead atoms. The number of halogens is 2. The van der Waals surface area contributed by atoms with Crippen molar-refractivity contribution in [1.82, 2.24) is 0 Å². The normalized spacial score (nSPS) is 11.3. The maximum Gasteiger partial charge on any atom is 0.264 e. The summed E-state index contributed by atoms with van der Waals surface area (Å²) in [6, 6.07) is 7.69. The molecule has 0 fully saturated rings. The van der Waals surface area contributed by atoms with Crippen LogP contribution in [0.2, 0.25) is 8.67 Å². The van der Waals surface area contributed by atoms with Gasteiger partial charge in [-0.05, 0) is 30.3 Å². The zero-order chi connectivity index (χ0) is 14.9. The van der Waals surface area contributed by atoms with Gasteiger partial charge >= 0.3 is 0 Å². The highest BCUT2D eigenvalue weighted by atomic mass is 35.5. The minimum atomic E-state index is -3.78. The van der Waals surface area contributed by atoms with E-state index in [-0.39, 0.29) is 14.2 Å². The molecule has 0 unspecified atom stereocenters. The van der Waals surface area contributed by atoms with Crippen LogP contribution in [0.15, 0.2) is 35.2 Å². The van der Waals surface area contributed by atoms with Gasteiger partial charge in [-0.15, -0.1) is 11.3 Å². The van der Waals surface area contributed by atoms with Crippen molar-refractivity contribution in [2.24, 2.45) is 5.73 Å². The molecular formula is C11H8Cl2N2O2S3. The number of thiocarbonyl (C=S) groups is 1. The molecule has 1 aromatic carbocycles. The summed E-state index contributed by atoms with van der Waals surface area (Å²) in [4.78, 5) is 0.194. The molecule has 106 valence electrons. The fraction of sp³-hybridized carbons (Fsp3) is 0. The van der Waals surface area contributed by atoms with Gasteiger partial charge in [-0.3, -0.25) is 4.72 Å². The Labute approximate surface area is 135 Å². The molecule has 0 spiro atoms. The Morgan fingerprint density at radius 1 is 1.25 bits per heavy atom. The molecule has 0 saturated carbocycles. The van der Waals surface area contributed by atoms with Crippen LogP contribution in [-0.2, 0) is 10.0 Å². The number of nitrogens with one attached hydrogen (secondary N) is 1. The van der Waals surface area contributed by atoms with Gasteiger partial charge < -0.3 is 5.73 Å². The molecule has 1 aromatic heterocycles. The van der Waals surface area contributed by atoms with Crippen molar-refractivity contribution in [3.8, 4) is 0 Å². The van der Waals surface area contributed by atoms with Crippen LogP contribution < -0.4 is 10.5 Å². The molecule has 2 rings (SSSR count).